The number of carbonyl (C=O) groups is 2. The van der Waals surface area contributed by atoms with Crippen LogP contribution in [0.1, 0.15) is 6.42 Å². The Hall–Kier alpha value is -1.93. The molecule has 0 fully saturated rings. The molecule has 1 rings (SSSR count). The quantitative estimate of drug-likeness (QED) is 0.641. The molecule has 4 N–H and O–H groups in total. The molecule has 0 saturated carbocycles. The fraction of sp³-hybridized carbons (Fsp3) is 0.111. The Labute approximate surface area is 97.3 Å². The number of sulfonamides is 1. The molecular weight excluding hydrogens is 248 g/mol. The highest BCUT2D eigenvalue weighted by Crippen LogP contribution is 2.14. The predicted octanol–water partition coefficient (Wildman–Crippen LogP) is -0.253. The minimum absolute atomic E-state index is 0.161. The van der Waals surface area contributed by atoms with E-state index in [-0.39, 0.29) is 10.6 Å². The van der Waals surface area contributed by atoms with E-state index in [1.807, 2.05) is 0 Å². The first-order valence-electron chi connectivity index (χ1n) is 4.43. The fourth-order valence-electron chi connectivity index (χ4n) is 1.09. The van der Waals surface area contributed by atoms with E-state index in [0.717, 1.165) is 6.07 Å². The predicted molar refractivity (Wildman–Crippen MR) is 58.7 cm³/mol. The Morgan fingerprint density at radius 3 is 2.53 bits per heavy atom. The van der Waals surface area contributed by atoms with Crippen molar-refractivity contribution in [2.24, 2.45) is 5.14 Å². The van der Waals surface area contributed by atoms with Crippen LogP contribution in [0.25, 0.3) is 0 Å². The molecule has 8 heteroatoms. The molecule has 0 saturated heterocycles. The molecule has 0 atom stereocenters. The third kappa shape index (κ3) is 4.21. The Kier molecular flexibility index (Phi) is 3.81. The van der Waals surface area contributed by atoms with Crippen molar-refractivity contribution in [1.29, 1.82) is 0 Å². The molecule has 0 radical (unpaired) electrons. The van der Waals surface area contributed by atoms with Gasteiger partial charge in [0.05, 0.1) is 4.90 Å². The maximum Gasteiger partial charge on any atom is 0.312 e. The van der Waals surface area contributed by atoms with Crippen molar-refractivity contribution in [3.63, 3.8) is 0 Å². The molecule has 0 spiro atoms. The Bertz CT molecular complexity index is 552. The van der Waals surface area contributed by atoms with Gasteiger partial charge in [0.15, 0.2) is 0 Å². The summed E-state index contributed by atoms with van der Waals surface area (Å²) in [5.74, 6) is -2.02. The third-order valence-corrected chi connectivity index (χ3v) is 2.67. The van der Waals surface area contributed by atoms with Crippen LogP contribution in [0.15, 0.2) is 29.2 Å². The van der Waals surface area contributed by atoms with Crippen LogP contribution in [0.3, 0.4) is 0 Å². The number of aliphatic carboxylic acids is 1. The molecule has 0 heterocycles. The highest BCUT2D eigenvalue weighted by molar-refractivity contribution is 7.89. The van der Waals surface area contributed by atoms with Gasteiger partial charge in [-0.2, -0.15) is 0 Å². The summed E-state index contributed by atoms with van der Waals surface area (Å²) in [6, 6.07) is 5.22. The van der Waals surface area contributed by atoms with E-state index in [1.165, 1.54) is 18.2 Å². The van der Waals surface area contributed by atoms with Crippen LogP contribution >= 0.6 is 0 Å². The number of carboxylic acids is 1. The lowest BCUT2D eigenvalue weighted by Crippen LogP contribution is -2.17. The second-order valence-electron chi connectivity index (χ2n) is 3.19. The van der Waals surface area contributed by atoms with Gasteiger partial charge in [-0.1, -0.05) is 6.07 Å². The maximum atomic E-state index is 11.1. The first kappa shape index (κ1) is 13.1. The van der Waals surface area contributed by atoms with Gasteiger partial charge in [0, 0.05) is 5.69 Å². The second-order valence-corrected chi connectivity index (χ2v) is 4.75. The van der Waals surface area contributed by atoms with E-state index in [1.54, 1.807) is 0 Å². The van der Waals surface area contributed by atoms with Gasteiger partial charge in [0.2, 0.25) is 15.9 Å². The summed E-state index contributed by atoms with van der Waals surface area (Å²) in [7, 11) is -3.85. The van der Waals surface area contributed by atoms with Crippen LogP contribution in [0.2, 0.25) is 0 Å². The summed E-state index contributed by atoms with van der Waals surface area (Å²) in [5.41, 5.74) is 0.169. The van der Waals surface area contributed by atoms with E-state index < -0.39 is 28.3 Å². The smallest absolute Gasteiger partial charge is 0.312 e. The molecule has 1 aromatic carbocycles. The molecular formula is C9H10N2O5S. The zero-order valence-corrected chi connectivity index (χ0v) is 9.40. The van der Waals surface area contributed by atoms with Crippen molar-refractivity contribution < 1.29 is 23.1 Å². The van der Waals surface area contributed by atoms with Crippen LogP contribution < -0.4 is 10.5 Å². The number of amides is 1. The monoisotopic (exact) mass is 258 g/mol. The lowest BCUT2D eigenvalue weighted by atomic mass is 10.3. The number of rotatable bonds is 4. The Morgan fingerprint density at radius 1 is 1.35 bits per heavy atom. The number of hydrogen-bond donors (Lipinski definition) is 3. The maximum absolute atomic E-state index is 11.1. The minimum atomic E-state index is -3.85. The van der Waals surface area contributed by atoms with Gasteiger partial charge in [-0.05, 0) is 18.2 Å². The molecule has 1 aromatic rings. The molecule has 7 nitrogen and oxygen atoms in total. The molecule has 92 valence electrons. The van der Waals surface area contributed by atoms with E-state index in [4.69, 9.17) is 10.2 Å². The van der Waals surface area contributed by atoms with Crippen molar-refractivity contribution in [2.75, 3.05) is 5.32 Å². The number of hydrogen-bond acceptors (Lipinski definition) is 4. The lowest BCUT2D eigenvalue weighted by Gasteiger charge is -2.05. The largest absolute Gasteiger partial charge is 0.481 e. The summed E-state index contributed by atoms with van der Waals surface area (Å²) >= 11 is 0. The third-order valence-electron chi connectivity index (χ3n) is 1.76. The zero-order chi connectivity index (χ0) is 13.1. The van der Waals surface area contributed by atoms with Gasteiger partial charge in [-0.25, -0.2) is 13.6 Å². The first-order chi connectivity index (χ1) is 7.79. The molecule has 0 aromatic heterocycles. The van der Waals surface area contributed by atoms with E-state index in [0.29, 0.717) is 0 Å². The molecule has 1 amide bonds. The molecule has 0 bridgehead atoms. The van der Waals surface area contributed by atoms with Gasteiger partial charge in [-0.3, -0.25) is 9.59 Å². The summed E-state index contributed by atoms with van der Waals surface area (Å²) in [4.78, 5) is 21.2. The van der Waals surface area contributed by atoms with Gasteiger partial charge < -0.3 is 10.4 Å². The van der Waals surface area contributed by atoms with Gasteiger partial charge in [-0.15, -0.1) is 0 Å². The van der Waals surface area contributed by atoms with Crippen LogP contribution in [-0.4, -0.2) is 25.4 Å². The molecule has 0 aliphatic heterocycles. The number of primary sulfonamides is 1. The fourth-order valence-corrected chi connectivity index (χ4v) is 1.65. The number of carboxylic acid groups (broad SMARTS) is 1. The average molecular weight is 258 g/mol. The highest BCUT2D eigenvalue weighted by Gasteiger charge is 2.11. The SMILES string of the molecule is NS(=O)(=O)c1cccc(NC(=O)CC(=O)O)c1. The Balaban J connectivity index is 2.87. The summed E-state index contributed by atoms with van der Waals surface area (Å²) in [6.07, 6.45) is -0.695. The molecule has 0 unspecified atom stereocenters. The minimum Gasteiger partial charge on any atom is -0.481 e. The van der Waals surface area contributed by atoms with Crippen molar-refractivity contribution in [2.45, 2.75) is 11.3 Å². The molecule has 0 aliphatic rings. The van der Waals surface area contributed by atoms with Crippen molar-refractivity contribution >= 4 is 27.6 Å². The topological polar surface area (TPSA) is 127 Å². The first-order valence-corrected chi connectivity index (χ1v) is 5.98. The lowest BCUT2D eigenvalue weighted by molar-refractivity contribution is -0.139. The molecule has 17 heavy (non-hydrogen) atoms. The van der Waals surface area contributed by atoms with E-state index >= 15 is 0 Å². The van der Waals surface area contributed by atoms with Crippen molar-refractivity contribution in [3.8, 4) is 0 Å². The van der Waals surface area contributed by atoms with Crippen molar-refractivity contribution in [3.05, 3.63) is 24.3 Å². The van der Waals surface area contributed by atoms with Gasteiger partial charge in [0.25, 0.3) is 0 Å². The highest BCUT2D eigenvalue weighted by atomic mass is 32.2. The van der Waals surface area contributed by atoms with Crippen LogP contribution in [0, 0.1) is 0 Å². The zero-order valence-electron chi connectivity index (χ0n) is 8.58. The van der Waals surface area contributed by atoms with Gasteiger partial charge in [0.1, 0.15) is 6.42 Å². The number of benzene rings is 1. The second kappa shape index (κ2) is 4.93. The number of nitrogens with two attached hydrogens (primary N) is 1. The summed E-state index contributed by atoms with van der Waals surface area (Å²) in [6.45, 7) is 0. The van der Waals surface area contributed by atoms with Crippen LogP contribution in [0.4, 0.5) is 5.69 Å². The number of carbonyl (C=O) groups excluding carboxylic acids is 1. The Morgan fingerprint density at radius 2 is 2.00 bits per heavy atom. The van der Waals surface area contributed by atoms with Crippen molar-refractivity contribution in [1.82, 2.24) is 0 Å². The summed E-state index contributed by atoms with van der Waals surface area (Å²) < 4.78 is 22.0. The van der Waals surface area contributed by atoms with E-state index in [9.17, 15) is 18.0 Å². The summed E-state index contributed by atoms with van der Waals surface area (Å²) in [5, 5.41) is 15.5. The van der Waals surface area contributed by atoms with Crippen LogP contribution in [-0.2, 0) is 19.6 Å². The number of nitrogens with one attached hydrogen (secondary N) is 1. The normalized spacial score (nSPS) is 10.9. The average Bonchev–Trinajstić information content (AvgIpc) is 2.15. The number of anilines is 1. The van der Waals surface area contributed by atoms with E-state index in [2.05, 4.69) is 5.32 Å². The van der Waals surface area contributed by atoms with Gasteiger partial charge >= 0.3 is 5.97 Å². The standard InChI is InChI=1S/C9H10N2O5S/c10-17(15,16)7-3-1-2-6(4-7)11-8(12)5-9(13)14/h1-4H,5H2,(H,11,12)(H,13,14)(H2,10,15,16). The van der Waals surface area contributed by atoms with Crippen LogP contribution in [0.5, 0.6) is 0 Å². The molecule has 0 aliphatic carbocycles.